The summed E-state index contributed by atoms with van der Waals surface area (Å²) in [5.41, 5.74) is -0.0944. The standard InChI is InChI=1S/C20H32N2O4/c1-13(2)16(22-19(24)26-20(5,6)7)12-21-18(23)15-10-8-9-11-17(15)25-14(3)4/h8-11,13-14,16H,12H2,1-7H3,(H,21,23)(H,22,24). The van der Waals surface area contributed by atoms with Crippen molar-refractivity contribution >= 4 is 12.0 Å². The van der Waals surface area contributed by atoms with Crippen LogP contribution in [0.2, 0.25) is 0 Å². The molecule has 2 N–H and O–H groups in total. The highest BCUT2D eigenvalue weighted by atomic mass is 16.6. The lowest BCUT2D eigenvalue weighted by Crippen LogP contribution is -2.48. The average Bonchev–Trinajstić information content (AvgIpc) is 2.49. The molecule has 0 aliphatic carbocycles. The van der Waals surface area contributed by atoms with Crippen molar-refractivity contribution in [1.82, 2.24) is 10.6 Å². The minimum atomic E-state index is -0.567. The van der Waals surface area contributed by atoms with E-state index in [-0.39, 0.29) is 24.0 Å². The summed E-state index contributed by atoms with van der Waals surface area (Å²) in [7, 11) is 0. The lowest BCUT2D eigenvalue weighted by Gasteiger charge is -2.26. The molecule has 0 aliphatic rings. The molecule has 0 fully saturated rings. The van der Waals surface area contributed by atoms with Gasteiger partial charge < -0.3 is 20.1 Å². The predicted octanol–water partition coefficient (Wildman–Crippen LogP) is 3.75. The van der Waals surface area contributed by atoms with Gasteiger partial charge in [0, 0.05) is 6.54 Å². The van der Waals surface area contributed by atoms with Gasteiger partial charge in [-0.15, -0.1) is 0 Å². The summed E-state index contributed by atoms with van der Waals surface area (Å²) in [4.78, 5) is 24.6. The molecule has 1 unspecified atom stereocenters. The zero-order valence-corrected chi connectivity index (χ0v) is 16.9. The molecule has 0 saturated heterocycles. The minimum absolute atomic E-state index is 0.0267. The first kappa shape index (κ1) is 21.8. The van der Waals surface area contributed by atoms with Crippen LogP contribution >= 0.6 is 0 Å². The van der Waals surface area contributed by atoms with Crippen molar-refractivity contribution in [2.75, 3.05) is 6.54 Å². The van der Waals surface area contributed by atoms with Crippen LogP contribution in [0.1, 0.15) is 58.8 Å². The number of ether oxygens (including phenoxy) is 2. The third-order valence-corrected chi connectivity index (χ3v) is 3.48. The molecule has 0 spiro atoms. The van der Waals surface area contributed by atoms with Crippen LogP contribution in [-0.2, 0) is 4.74 Å². The van der Waals surface area contributed by atoms with Crippen molar-refractivity contribution in [3.05, 3.63) is 29.8 Å². The molecule has 6 nitrogen and oxygen atoms in total. The molecule has 26 heavy (non-hydrogen) atoms. The molecule has 1 atom stereocenters. The van der Waals surface area contributed by atoms with Crippen molar-refractivity contribution < 1.29 is 19.1 Å². The van der Waals surface area contributed by atoms with E-state index in [0.717, 1.165) is 0 Å². The summed E-state index contributed by atoms with van der Waals surface area (Å²) in [6, 6.07) is 6.87. The first-order valence-corrected chi connectivity index (χ1v) is 9.03. The zero-order valence-electron chi connectivity index (χ0n) is 16.9. The Labute approximate surface area is 156 Å². The summed E-state index contributed by atoms with van der Waals surface area (Å²) in [5, 5.41) is 5.69. The number of nitrogens with one attached hydrogen (secondary N) is 2. The number of amides is 2. The van der Waals surface area contributed by atoms with Crippen molar-refractivity contribution in [1.29, 1.82) is 0 Å². The first-order valence-electron chi connectivity index (χ1n) is 9.03. The van der Waals surface area contributed by atoms with Crippen LogP contribution in [0, 0.1) is 5.92 Å². The Bertz CT molecular complexity index is 606. The monoisotopic (exact) mass is 364 g/mol. The van der Waals surface area contributed by atoms with Crippen LogP contribution in [0.15, 0.2) is 24.3 Å². The third kappa shape index (κ3) is 7.76. The maximum absolute atomic E-state index is 12.6. The van der Waals surface area contributed by atoms with Gasteiger partial charge in [-0.2, -0.15) is 0 Å². The molecule has 0 radical (unpaired) electrons. The van der Waals surface area contributed by atoms with Crippen LogP contribution < -0.4 is 15.4 Å². The number of hydrogen-bond acceptors (Lipinski definition) is 4. The van der Waals surface area contributed by atoms with E-state index in [1.807, 2.05) is 54.5 Å². The van der Waals surface area contributed by atoms with E-state index in [1.165, 1.54) is 0 Å². The normalized spacial score (nSPS) is 12.7. The highest BCUT2D eigenvalue weighted by molar-refractivity contribution is 5.96. The zero-order chi connectivity index (χ0) is 19.9. The topological polar surface area (TPSA) is 76.7 Å². The molecule has 146 valence electrons. The molecule has 0 bridgehead atoms. The van der Waals surface area contributed by atoms with E-state index < -0.39 is 11.7 Å². The Kier molecular flexibility index (Phi) is 7.93. The number of carbonyl (C=O) groups is 2. The Morgan fingerprint density at radius 2 is 1.69 bits per heavy atom. The van der Waals surface area contributed by atoms with Crippen LogP contribution in [0.25, 0.3) is 0 Å². The van der Waals surface area contributed by atoms with Gasteiger partial charge in [-0.25, -0.2) is 4.79 Å². The quantitative estimate of drug-likeness (QED) is 0.772. The Morgan fingerprint density at radius 1 is 1.08 bits per heavy atom. The van der Waals surface area contributed by atoms with Crippen molar-refractivity contribution in [3.63, 3.8) is 0 Å². The Hall–Kier alpha value is -2.24. The number of carbonyl (C=O) groups excluding carboxylic acids is 2. The van der Waals surface area contributed by atoms with Gasteiger partial charge in [-0.05, 0) is 52.7 Å². The molecule has 6 heteroatoms. The van der Waals surface area contributed by atoms with E-state index in [4.69, 9.17) is 9.47 Å². The highest BCUT2D eigenvalue weighted by Crippen LogP contribution is 2.19. The molecule has 1 aromatic carbocycles. The van der Waals surface area contributed by atoms with E-state index in [9.17, 15) is 9.59 Å². The maximum atomic E-state index is 12.6. The van der Waals surface area contributed by atoms with Crippen molar-refractivity contribution in [3.8, 4) is 5.75 Å². The Balaban J connectivity index is 2.72. The third-order valence-electron chi connectivity index (χ3n) is 3.48. The SMILES string of the molecule is CC(C)Oc1ccccc1C(=O)NCC(NC(=O)OC(C)(C)C)C(C)C. The molecule has 0 saturated carbocycles. The fourth-order valence-electron chi connectivity index (χ4n) is 2.22. The molecular weight excluding hydrogens is 332 g/mol. The van der Waals surface area contributed by atoms with Crippen LogP contribution in [-0.4, -0.2) is 36.3 Å². The van der Waals surface area contributed by atoms with Gasteiger partial charge in [0.05, 0.1) is 17.7 Å². The average molecular weight is 364 g/mol. The highest BCUT2D eigenvalue weighted by Gasteiger charge is 2.22. The van der Waals surface area contributed by atoms with Gasteiger partial charge >= 0.3 is 6.09 Å². The van der Waals surface area contributed by atoms with E-state index >= 15 is 0 Å². The maximum Gasteiger partial charge on any atom is 0.407 e. The first-order chi connectivity index (χ1) is 12.0. The van der Waals surface area contributed by atoms with Crippen LogP contribution in [0.3, 0.4) is 0 Å². The molecule has 0 aromatic heterocycles. The second kappa shape index (κ2) is 9.46. The van der Waals surface area contributed by atoms with Crippen LogP contribution in [0.4, 0.5) is 4.79 Å². The van der Waals surface area contributed by atoms with Gasteiger partial charge in [-0.3, -0.25) is 4.79 Å². The molecule has 1 rings (SSSR count). The number of alkyl carbamates (subject to hydrolysis) is 1. The fourth-order valence-corrected chi connectivity index (χ4v) is 2.22. The van der Waals surface area contributed by atoms with E-state index in [0.29, 0.717) is 17.9 Å². The molecule has 0 heterocycles. The van der Waals surface area contributed by atoms with Gasteiger partial charge in [0.2, 0.25) is 0 Å². The second-order valence-corrected chi connectivity index (χ2v) is 7.87. The summed E-state index contributed by atoms with van der Waals surface area (Å²) in [6.45, 7) is 13.5. The molecule has 2 amide bonds. The Morgan fingerprint density at radius 3 is 2.23 bits per heavy atom. The number of para-hydroxylation sites is 1. The molecular formula is C20H32N2O4. The summed E-state index contributed by atoms with van der Waals surface area (Å²) >= 11 is 0. The molecule has 1 aromatic rings. The van der Waals surface area contributed by atoms with Gasteiger partial charge in [-0.1, -0.05) is 26.0 Å². The summed E-state index contributed by atoms with van der Waals surface area (Å²) < 4.78 is 11.0. The number of rotatable bonds is 7. The largest absolute Gasteiger partial charge is 0.490 e. The second-order valence-electron chi connectivity index (χ2n) is 7.87. The number of hydrogen-bond donors (Lipinski definition) is 2. The predicted molar refractivity (Wildman–Crippen MR) is 103 cm³/mol. The van der Waals surface area contributed by atoms with Crippen molar-refractivity contribution in [2.45, 2.75) is 66.2 Å². The minimum Gasteiger partial charge on any atom is -0.490 e. The van der Waals surface area contributed by atoms with Gasteiger partial charge in [0.25, 0.3) is 5.91 Å². The molecule has 0 aliphatic heterocycles. The van der Waals surface area contributed by atoms with Gasteiger partial charge in [0.1, 0.15) is 11.4 Å². The van der Waals surface area contributed by atoms with Gasteiger partial charge in [0.15, 0.2) is 0 Å². The lowest BCUT2D eigenvalue weighted by molar-refractivity contribution is 0.0487. The number of benzene rings is 1. The smallest absolute Gasteiger partial charge is 0.407 e. The lowest BCUT2D eigenvalue weighted by atomic mass is 10.0. The van der Waals surface area contributed by atoms with Crippen LogP contribution in [0.5, 0.6) is 5.75 Å². The summed E-state index contributed by atoms with van der Waals surface area (Å²) in [6.07, 6.45) is -0.518. The summed E-state index contributed by atoms with van der Waals surface area (Å²) in [5.74, 6) is 0.434. The van der Waals surface area contributed by atoms with E-state index in [2.05, 4.69) is 10.6 Å². The van der Waals surface area contributed by atoms with E-state index in [1.54, 1.807) is 18.2 Å². The van der Waals surface area contributed by atoms with Crippen molar-refractivity contribution in [2.24, 2.45) is 5.92 Å². The fraction of sp³-hybridized carbons (Fsp3) is 0.600.